The summed E-state index contributed by atoms with van der Waals surface area (Å²) in [7, 11) is 0. The number of hydrogen-bond donors (Lipinski definition) is 1. The Bertz CT molecular complexity index is 17.1. The maximum atomic E-state index is 8.64. The van der Waals surface area contributed by atoms with Crippen LogP contribution in [-0.2, 0) is 3.78 Å². The van der Waals surface area contributed by atoms with Crippen molar-refractivity contribution >= 4 is 15.7 Å². The fraction of sp³-hybridized carbons (Fsp3) is 0. The summed E-state index contributed by atoms with van der Waals surface area (Å²) in [6, 6.07) is 0. The molecule has 5 heteroatoms. The molecule has 0 saturated carbocycles. The zero-order chi connectivity index (χ0) is 2.71. The molecule has 0 saturated heterocycles. The molecule has 0 amide bonds. The Labute approximate surface area is 47.5 Å². The molecule has 0 fully saturated rings. The van der Waals surface area contributed by atoms with E-state index in [0.29, 0.717) is 0 Å². The van der Waals surface area contributed by atoms with E-state index in [1.165, 1.54) is 0 Å². The molecular weight excluding hydrogens is 131 g/mol. The van der Waals surface area contributed by atoms with E-state index in [9.17, 15) is 0 Å². The van der Waals surface area contributed by atoms with Crippen molar-refractivity contribution in [1.82, 2.24) is 0 Å². The molecule has 1 N–H and O–H groups in total. The van der Waals surface area contributed by atoms with E-state index in [-0.39, 0.29) is 23.6 Å². The Balaban J connectivity index is -0.0000000200. The summed E-state index contributed by atoms with van der Waals surface area (Å²) in [5.41, 5.74) is 0. The van der Waals surface area contributed by atoms with Crippen LogP contribution in [0.15, 0.2) is 0 Å². The van der Waals surface area contributed by atoms with Gasteiger partial charge in [0.25, 0.3) is 0 Å². The molecule has 0 aromatic rings. The number of hydrogen-bond acceptors (Lipinski definition) is 1. The van der Waals surface area contributed by atoms with Crippen molar-refractivity contribution in [2.24, 2.45) is 0 Å². The van der Waals surface area contributed by atoms with Gasteiger partial charge in [-0.2, -0.15) is 0 Å². The molecule has 0 rings (SSSR count). The number of halogens is 1. The zero-order valence-electron chi connectivity index (χ0n) is 2.81. The zero-order valence-corrected chi connectivity index (χ0v) is 5.23. The Morgan fingerprint density at radius 2 is 1.60 bits per heavy atom. The van der Waals surface area contributed by atoms with Gasteiger partial charge in [-0.25, -0.2) is 0 Å². The summed E-state index contributed by atoms with van der Waals surface area (Å²) in [4.78, 5) is 0. The van der Waals surface area contributed by atoms with Crippen LogP contribution in [0.2, 0.25) is 0 Å². The molecule has 0 spiro atoms. The summed E-state index contributed by atoms with van der Waals surface area (Å²) >= 11 is -1.94. The van der Waals surface area contributed by atoms with Gasteiger partial charge in [0, 0.05) is 0 Å². The van der Waals surface area contributed by atoms with Gasteiger partial charge in [0.2, 0.25) is 0 Å². The summed E-state index contributed by atoms with van der Waals surface area (Å²) < 4.78 is 15.8. The van der Waals surface area contributed by atoms with Crippen LogP contribution < -0.4 is 23.6 Å². The second kappa shape index (κ2) is 22.6. The van der Waals surface area contributed by atoms with E-state index < -0.39 is 15.7 Å². The fourth-order valence-electron chi connectivity index (χ4n) is 0. The van der Waals surface area contributed by atoms with E-state index in [1.807, 2.05) is 0 Å². The van der Waals surface area contributed by atoms with Crippen molar-refractivity contribution in [1.29, 1.82) is 0 Å². The molecule has 5 heavy (non-hydrogen) atoms. The van der Waals surface area contributed by atoms with Crippen LogP contribution in [-0.4, -0.2) is 19.8 Å². The second-order valence-electron chi connectivity index (χ2n) is 0.105. The van der Waals surface area contributed by atoms with E-state index >= 15 is 0 Å². The SMILES string of the molecule is [F-].[Li+].[O]=[GeH][OH]. The summed E-state index contributed by atoms with van der Waals surface area (Å²) in [6.07, 6.45) is 0. The van der Waals surface area contributed by atoms with Crippen LogP contribution in [0.25, 0.3) is 0 Å². The standard InChI is InChI=1S/FH.GeH2O2.Li/c;2-1-3;/h1H;1-2H;/q;;+1/p-1. The van der Waals surface area contributed by atoms with Gasteiger partial charge in [-0.1, -0.05) is 0 Å². The van der Waals surface area contributed by atoms with Crippen molar-refractivity contribution < 1.29 is 31.5 Å². The van der Waals surface area contributed by atoms with Gasteiger partial charge in [0.15, 0.2) is 0 Å². The molecule has 0 aliphatic heterocycles. The minimum atomic E-state index is -1.94. The molecule has 0 aliphatic rings. The second-order valence-corrected chi connectivity index (χ2v) is 0.548. The summed E-state index contributed by atoms with van der Waals surface area (Å²) in [5, 5.41) is 0. The topological polar surface area (TPSA) is 37.3 Å². The molecule has 0 heterocycles. The van der Waals surface area contributed by atoms with Gasteiger partial charge in [0.1, 0.15) is 0 Å². The van der Waals surface area contributed by atoms with Gasteiger partial charge in [-0.15, -0.1) is 0 Å². The van der Waals surface area contributed by atoms with Crippen LogP contribution in [0.5, 0.6) is 0 Å². The van der Waals surface area contributed by atoms with Gasteiger partial charge in [-0.05, 0) is 0 Å². The van der Waals surface area contributed by atoms with Crippen LogP contribution in [0.3, 0.4) is 0 Å². The minimum absolute atomic E-state index is 0. The fourth-order valence-corrected chi connectivity index (χ4v) is 0. The van der Waals surface area contributed by atoms with Crippen LogP contribution >= 0.6 is 0 Å². The quantitative estimate of drug-likeness (QED) is 0.333. The van der Waals surface area contributed by atoms with Crippen molar-refractivity contribution in [2.75, 3.05) is 0 Å². The van der Waals surface area contributed by atoms with Gasteiger partial charge in [-0.3, -0.25) is 0 Å². The normalized spacial score (nSPS) is 2.40. The average Bonchev–Trinajstić information content (AvgIpc) is 0.918. The third-order valence-corrected chi connectivity index (χ3v) is 0. The molecule has 0 aliphatic carbocycles. The predicted molar refractivity (Wildman–Crippen MR) is 10.1 cm³/mol. The molecule has 26 valence electrons. The first-order chi connectivity index (χ1) is 1.41. The Hall–Kier alpha value is 0.670. The van der Waals surface area contributed by atoms with Crippen molar-refractivity contribution in [3.05, 3.63) is 0 Å². The van der Waals surface area contributed by atoms with Gasteiger partial charge < -0.3 is 4.70 Å². The van der Waals surface area contributed by atoms with E-state index in [2.05, 4.69) is 0 Å². The molecule has 2 nitrogen and oxygen atoms in total. The molecule has 0 unspecified atom stereocenters. The third-order valence-electron chi connectivity index (χ3n) is 0. The third kappa shape index (κ3) is 74.1. The Morgan fingerprint density at radius 3 is 1.60 bits per heavy atom. The summed E-state index contributed by atoms with van der Waals surface area (Å²) in [5.74, 6) is 0. The molecule has 0 bridgehead atoms. The van der Waals surface area contributed by atoms with Crippen LogP contribution in [0, 0.1) is 0 Å². The first-order valence-electron chi connectivity index (χ1n) is 0.494. The summed E-state index contributed by atoms with van der Waals surface area (Å²) in [6.45, 7) is 0. The number of rotatable bonds is 0. The van der Waals surface area contributed by atoms with Crippen LogP contribution in [0.4, 0.5) is 0 Å². The first kappa shape index (κ1) is 17.3. The van der Waals surface area contributed by atoms with Crippen molar-refractivity contribution in [2.45, 2.75) is 0 Å². The Kier molecular flexibility index (Phi) is 78.2. The van der Waals surface area contributed by atoms with Crippen LogP contribution in [0.1, 0.15) is 0 Å². The monoisotopic (exact) mass is 134 g/mol. The molecule has 0 aromatic carbocycles. The maximum absolute atomic E-state index is 8.64. The molecule has 0 atom stereocenters. The average molecular weight is 133 g/mol. The molecular formula is H2FGeLiO2. The van der Waals surface area contributed by atoms with Crippen molar-refractivity contribution in [3.63, 3.8) is 0 Å². The molecule has 0 aromatic heterocycles. The van der Waals surface area contributed by atoms with E-state index in [1.54, 1.807) is 0 Å². The van der Waals surface area contributed by atoms with E-state index in [4.69, 9.17) is 7.91 Å². The van der Waals surface area contributed by atoms with E-state index in [0.717, 1.165) is 0 Å². The first-order valence-corrected chi connectivity index (χ1v) is 2.57. The van der Waals surface area contributed by atoms with Gasteiger partial charge >= 0.3 is 42.5 Å². The Morgan fingerprint density at radius 1 is 1.60 bits per heavy atom. The molecule has 0 radical (unpaired) electrons. The van der Waals surface area contributed by atoms with Crippen molar-refractivity contribution in [3.8, 4) is 0 Å². The predicted octanol–water partition coefficient (Wildman–Crippen LogP) is -7.32. The van der Waals surface area contributed by atoms with Gasteiger partial charge in [0.05, 0.1) is 0 Å².